The normalized spacial score (nSPS) is 17.8. The summed E-state index contributed by atoms with van der Waals surface area (Å²) in [6, 6.07) is 16.8. The molecular formula is C17H18ClN. The number of fused-ring (bicyclic) bond motifs is 1. The molecule has 1 N–H and O–H groups in total. The third kappa shape index (κ3) is 2.76. The van der Waals surface area contributed by atoms with Gasteiger partial charge >= 0.3 is 0 Å². The molecule has 1 nitrogen and oxygen atoms in total. The molecule has 3 rings (SSSR count). The molecule has 0 saturated carbocycles. The fraction of sp³-hybridized carbons (Fsp3) is 0.294. The van der Waals surface area contributed by atoms with Gasteiger partial charge in [-0.2, -0.15) is 0 Å². The lowest BCUT2D eigenvalue weighted by molar-refractivity contribution is 0.572. The Morgan fingerprint density at radius 1 is 1.05 bits per heavy atom. The standard InChI is InChI=1S/C17H18ClN/c18-16-10-3-4-11-17(16)19-12-14-8-5-7-13-6-1-2-9-15(13)14/h1-4,6,9-11,14,19H,5,7-8,12H2. The summed E-state index contributed by atoms with van der Waals surface area (Å²) in [4.78, 5) is 0. The van der Waals surface area contributed by atoms with E-state index in [1.807, 2.05) is 24.3 Å². The van der Waals surface area contributed by atoms with Crippen LogP contribution < -0.4 is 5.32 Å². The maximum absolute atomic E-state index is 6.18. The van der Waals surface area contributed by atoms with Crippen LogP contribution in [0.2, 0.25) is 5.02 Å². The number of hydrogen-bond donors (Lipinski definition) is 1. The second kappa shape index (κ2) is 5.66. The first kappa shape index (κ1) is 12.6. The van der Waals surface area contributed by atoms with E-state index in [0.29, 0.717) is 5.92 Å². The molecule has 0 spiro atoms. The average molecular weight is 272 g/mol. The highest BCUT2D eigenvalue weighted by Gasteiger charge is 2.19. The Morgan fingerprint density at radius 2 is 1.84 bits per heavy atom. The van der Waals surface area contributed by atoms with Crippen molar-refractivity contribution in [3.63, 3.8) is 0 Å². The van der Waals surface area contributed by atoms with Crippen LogP contribution in [0.15, 0.2) is 48.5 Å². The van der Waals surface area contributed by atoms with Crippen molar-refractivity contribution >= 4 is 17.3 Å². The highest BCUT2D eigenvalue weighted by atomic mass is 35.5. The predicted molar refractivity (Wildman–Crippen MR) is 82.1 cm³/mol. The summed E-state index contributed by atoms with van der Waals surface area (Å²) in [5.41, 5.74) is 4.06. The SMILES string of the molecule is Clc1ccccc1NCC1CCCc2ccccc21. The number of rotatable bonds is 3. The molecule has 1 aliphatic carbocycles. The van der Waals surface area contributed by atoms with Gasteiger partial charge in [0.1, 0.15) is 0 Å². The maximum Gasteiger partial charge on any atom is 0.0637 e. The van der Waals surface area contributed by atoms with Gasteiger partial charge in [0.05, 0.1) is 10.7 Å². The number of para-hydroxylation sites is 1. The molecule has 0 aliphatic heterocycles. The number of anilines is 1. The molecule has 98 valence electrons. The molecule has 0 saturated heterocycles. The minimum absolute atomic E-state index is 0.598. The first-order chi connectivity index (χ1) is 9.34. The highest BCUT2D eigenvalue weighted by Crippen LogP contribution is 2.32. The van der Waals surface area contributed by atoms with Gasteiger partial charge in [-0.3, -0.25) is 0 Å². The number of nitrogens with one attached hydrogen (secondary N) is 1. The smallest absolute Gasteiger partial charge is 0.0637 e. The molecule has 0 heterocycles. The number of aryl methyl sites for hydroxylation is 1. The minimum atomic E-state index is 0.598. The van der Waals surface area contributed by atoms with E-state index in [4.69, 9.17) is 11.6 Å². The van der Waals surface area contributed by atoms with Crippen molar-refractivity contribution in [1.29, 1.82) is 0 Å². The zero-order valence-corrected chi connectivity index (χ0v) is 11.7. The fourth-order valence-electron chi connectivity index (χ4n) is 2.90. The molecule has 1 atom stereocenters. The summed E-state index contributed by atoms with van der Waals surface area (Å²) in [5.74, 6) is 0.598. The predicted octanol–water partition coefficient (Wildman–Crippen LogP) is 4.87. The molecule has 1 aliphatic rings. The average Bonchev–Trinajstić information content (AvgIpc) is 2.46. The van der Waals surface area contributed by atoms with Gasteiger partial charge in [-0.05, 0) is 42.5 Å². The fourth-order valence-corrected chi connectivity index (χ4v) is 3.11. The lowest BCUT2D eigenvalue weighted by Gasteiger charge is -2.26. The van der Waals surface area contributed by atoms with Crippen LogP contribution in [0.1, 0.15) is 29.9 Å². The summed E-state index contributed by atoms with van der Waals surface area (Å²) >= 11 is 6.18. The van der Waals surface area contributed by atoms with Gasteiger partial charge in [-0.25, -0.2) is 0 Å². The number of benzene rings is 2. The van der Waals surface area contributed by atoms with Gasteiger partial charge in [0.2, 0.25) is 0 Å². The first-order valence-electron chi connectivity index (χ1n) is 6.91. The molecular weight excluding hydrogens is 254 g/mol. The second-order valence-electron chi connectivity index (χ2n) is 5.15. The van der Waals surface area contributed by atoms with Gasteiger partial charge in [-0.1, -0.05) is 48.0 Å². The van der Waals surface area contributed by atoms with Crippen molar-refractivity contribution < 1.29 is 0 Å². The summed E-state index contributed by atoms with van der Waals surface area (Å²) in [5, 5.41) is 4.29. The Labute approximate surface area is 119 Å². The molecule has 0 aromatic heterocycles. The minimum Gasteiger partial charge on any atom is -0.383 e. The van der Waals surface area contributed by atoms with E-state index in [1.54, 1.807) is 0 Å². The molecule has 0 fully saturated rings. The number of halogens is 1. The molecule has 2 aromatic rings. The van der Waals surface area contributed by atoms with Crippen LogP contribution in [-0.4, -0.2) is 6.54 Å². The Balaban J connectivity index is 1.73. The monoisotopic (exact) mass is 271 g/mol. The molecule has 0 radical (unpaired) electrons. The lowest BCUT2D eigenvalue weighted by atomic mass is 9.83. The Bertz CT molecular complexity index is 565. The largest absolute Gasteiger partial charge is 0.383 e. The van der Waals surface area contributed by atoms with Crippen LogP contribution in [0, 0.1) is 0 Å². The van der Waals surface area contributed by atoms with Crippen molar-refractivity contribution in [1.82, 2.24) is 0 Å². The van der Waals surface area contributed by atoms with Gasteiger partial charge in [0.15, 0.2) is 0 Å². The van der Waals surface area contributed by atoms with Gasteiger partial charge in [0.25, 0.3) is 0 Å². The maximum atomic E-state index is 6.18. The number of hydrogen-bond acceptors (Lipinski definition) is 1. The van der Waals surface area contributed by atoms with Crippen molar-refractivity contribution in [2.24, 2.45) is 0 Å². The quantitative estimate of drug-likeness (QED) is 0.840. The van der Waals surface area contributed by atoms with Crippen molar-refractivity contribution in [3.05, 3.63) is 64.7 Å². The van der Waals surface area contributed by atoms with Crippen molar-refractivity contribution in [3.8, 4) is 0 Å². The summed E-state index contributed by atoms with van der Waals surface area (Å²) in [6.45, 7) is 0.959. The van der Waals surface area contributed by atoms with Crippen LogP contribution >= 0.6 is 11.6 Å². The molecule has 0 bridgehead atoms. The molecule has 0 amide bonds. The summed E-state index contributed by atoms with van der Waals surface area (Å²) in [7, 11) is 0. The van der Waals surface area contributed by atoms with Crippen LogP contribution in [0.25, 0.3) is 0 Å². The zero-order valence-electron chi connectivity index (χ0n) is 10.9. The van der Waals surface area contributed by atoms with E-state index in [2.05, 4.69) is 29.6 Å². The van der Waals surface area contributed by atoms with Crippen LogP contribution in [0.4, 0.5) is 5.69 Å². The Kier molecular flexibility index (Phi) is 3.74. The van der Waals surface area contributed by atoms with E-state index < -0.39 is 0 Å². The first-order valence-corrected chi connectivity index (χ1v) is 7.28. The zero-order chi connectivity index (χ0) is 13.1. The Hall–Kier alpha value is -1.47. The third-order valence-corrected chi connectivity index (χ3v) is 4.24. The van der Waals surface area contributed by atoms with E-state index >= 15 is 0 Å². The van der Waals surface area contributed by atoms with Crippen LogP contribution in [0.5, 0.6) is 0 Å². The van der Waals surface area contributed by atoms with Gasteiger partial charge in [-0.15, -0.1) is 0 Å². The topological polar surface area (TPSA) is 12.0 Å². The molecule has 19 heavy (non-hydrogen) atoms. The van der Waals surface area contributed by atoms with E-state index in [0.717, 1.165) is 17.3 Å². The van der Waals surface area contributed by atoms with E-state index in [-0.39, 0.29) is 0 Å². The Morgan fingerprint density at radius 3 is 2.74 bits per heavy atom. The van der Waals surface area contributed by atoms with Crippen LogP contribution in [0.3, 0.4) is 0 Å². The molecule has 2 heteroatoms. The second-order valence-corrected chi connectivity index (χ2v) is 5.56. The van der Waals surface area contributed by atoms with E-state index in [9.17, 15) is 0 Å². The summed E-state index contributed by atoms with van der Waals surface area (Å²) < 4.78 is 0. The van der Waals surface area contributed by atoms with Crippen LogP contribution in [-0.2, 0) is 6.42 Å². The third-order valence-electron chi connectivity index (χ3n) is 3.91. The lowest BCUT2D eigenvalue weighted by Crippen LogP contribution is -2.18. The molecule has 2 aromatic carbocycles. The van der Waals surface area contributed by atoms with Gasteiger partial charge in [0, 0.05) is 12.5 Å². The summed E-state index contributed by atoms with van der Waals surface area (Å²) in [6.07, 6.45) is 3.76. The highest BCUT2D eigenvalue weighted by molar-refractivity contribution is 6.33. The van der Waals surface area contributed by atoms with Crippen molar-refractivity contribution in [2.45, 2.75) is 25.2 Å². The van der Waals surface area contributed by atoms with Gasteiger partial charge < -0.3 is 5.32 Å². The molecule has 1 unspecified atom stereocenters. The van der Waals surface area contributed by atoms with E-state index in [1.165, 1.54) is 30.4 Å². The van der Waals surface area contributed by atoms with Crippen molar-refractivity contribution in [2.75, 3.05) is 11.9 Å².